The first-order valence-corrected chi connectivity index (χ1v) is 3.08. The Labute approximate surface area is 50.1 Å². The molecule has 0 aromatic heterocycles. The van der Waals surface area contributed by atoms with Crippen LogP contribution in [0.4, 0.5) is 0 Å². The molecular weight excluding hydrogens is 116 g/mol. The second kappa shape index (κ2) is 3.26. The Hall–Kier alpha value is 1.06. The number of thiol groups is 1. The Morgan fingerprint density at radius 2 is 2.20 bits per heavy atom. The van der Waals surface area contributed by atoms with Gasteiger partial charge in [0.1, 0.15) is 0 Å². The van der Waals surface area contributed by atoms with Gasteiger partial charge in [-0.05, 0) is 0 Å². The van der Waals surface area contributed by atoms with Crippen LogP contribution in [0.3, 0.4) is 0 Å². The van der Waals surface area contributed by atoms with E-state index < -0.39 is 0 Å². The predicted octanol–water partition coefficient (Wildman–Crippen LogP) is 1.20. The SMILES string of the molecule is CC[CH](S)[Ti]. The van der Waals surface area contributed by atoms with Crippen LogP contribution in [0, 0.1) is 0 Å². The van der Waals surface area contributed by atoms with Crippen LogP contribution < -0.4 is 0 Å². The van der Waals surface area contributed by atoms with E-state index in [2.05, 4.69) is 40.0 Å². The summed E-state index contributed by atoms with van der Waals surface area (Å²) >= 11 is 6.18. The third kappa shape index (κ3) is 5.06. The van der Waals surface area contributed by atoms with E-state index in [-0.39, 0.29) is 0 Å². The molecule has 5 heavy (non-hydrogen) atoms. The summed E-state index contributed by atoms with van der Waals surface area (Å²) in [5.41, 5.74) is 0. The van der Waals surface area contributed by atoms with Crippen LogP contribution in [0.2, 0.25) is 0 Å². The third-order valence-corrected chi connectivity index (χ3v) is 1.39. The molecule has 0 radical (unpaired) electrons. The van der Waals surface area contributed by atoms with Crippen molar-refractivity contribution in [2.45, 2.75) is 16.9 Å². The van der Waals surface area contributed by atoms with Crippen molar-refractivity contribution in [3.63, 3.8) is 0 Å². The van der Waals surface area contributed by atoms with Gasteiger partial charge in [0, 0.05) is 0 Å². The van der Waals surface area contributed by atoms with Crippen molar-refractivity contribution in [1.29, 1.82) is 0 Å². The molecule has 0 amide bonds. The molecule has 0 bridgehead atoms. The van der Waals surface area contributed by atoms with Crippen molar-refractivity contribution in [2.75, 3.05) is 0 Å². The van der Waals surface area contributed by atoms with Gasteiger partial charge < -0.3 is 0 Å². The molecule has 0 saturated heterocycles. The summed E-state index contributed by atoms with van der Waals surface area (Å²) in [6.07, 6.45) is 1.17. The van der Waals surface area contributed by atoms with Crippen LogP contribution in [-0.4, -0.2) is 3.55 Å². The summed E-state index contributed by atoms with van der Waals surface area (Å²) < 4.78 is 0.579. The van der Waals surface area contributed by atoms with E-state index in [9.17, 15) is 0 Å². The quantitative estimate of drug-likeness (QED) is 0.393. The minimum atomic E-state index is 0.579. The van der Waals surface area contributed by atoms with Crippen molar-refractivity contribution in [2.24, 2.45) is 0 Å². The van der Waals surface area contributed by atoms with Crippen molar-refractivity contribution in [3.8, 4) is 0 Å². The molecule has 0 aliphatic heterocycles. The second-order valence-corrected chi connectivity index (χ2v) is 3.39. The monoisotopic (exact) mass is 123 g/mol. The number of hydrogen-bond acceptors (Lipinski definition) is 1. The molecule has 0 aliphatic carbocycles. The molecule has 0 spiro atoms. The first kappa shape index (κ1) is 6.06. The van der Waals surface area contributed by atoms with Crippen LogP contribution in [0.1, 0.15) is 13.3 Å². The Bertz CT molecular complexity index is 20.9. The molecule has 0 N–H and O–H groups in total. The molecule has 0 rings (SSSR count). The zero-order valence-electron chi connectivity index (χ0n) is 3.23. The van der Waals surface area contributed by atoms with Gasteiger partial charge in [0.2, 0.25) is 0 Å². The Balaban J connectivity index is 2.54. The molecule has 0 fully saturated rings. The molecule has 0 aliphatic rings. The zero-order valence-corrected chi connectivity index (χ0v) is 5.69. The molecule has 0 saturated carbocycles. The minimum absolute atomic E-state index is 0.579. The van der Waals surface area contributed by atoms with E-state index >= 15 is 0 Å². The van der Waals surface area contributed by atoms with Crippen LogP contribution in [0.25, 0.3) is 0 Å². The molecule has 29 valence electrons. The van der Waals surface area contributed by atoms with Crippen molar-refractivity contribution in [3.05, 3.63) is 0 Å². The van der Waals surface area contributed by atoms with E-state index in [4.69, 9.17) is 0 Å². The van der Waals surface area contributed by atoms with E-state index in [0.29, 0.717) is 3.55 Å². The van der Waals surface area contributed by atoms with Crippen LogP contribution in [0.5, 0.6) is 0 Å². The molecule has 1 unspecified atom stereocenters. The van der Waals surface area contributed by atoms with Crippen LogP contribution in [-0.2, 0) is 20.4 Å². The average Bonchev–Trinajstić information content (AvgIpc) is 1.38. The predicted molar refractivity (Wildman–Crippen MR) is 23.1 cm³/mol. The topological polar surface area (TPSA) is 0 Å². The first-order valence-electron chi connectivity index (χ1n) is 1.66. The van der Waals surface area contributed by atoms with Crippen molar-refractivity contribution >= 4 is 12.6 Å². The van der Waals surface area contributed by atoms with Crippen molar-refractivity contribution < 1.29 is 20.4 Å². The maximum atomic E-state index is 4.10. The van der Waals surface area contributed by atoms with Gasteiger partial charge in [-0.3, -0.25) is 0 Å². The molecule has 0 aromatic carbocycles. The fourth-order valence-electron chi connectivity index (χ4n) is 0. The van der Waals surface area contributed by atoms with Gasteiger partial charge in [-0.25, -0.2) is 0 Å². The normalized spacial score (nSPS) is 14.6. The Kier molecular flexibility index (Phi) is 3.96. The molecule has 2 heteroatoms. The molecular formula is C3H7STi. The van der Waals surface area contributed by atoms with Gasteiger partial charge in [0.15, 0.2) is 0 Å². The summed E-state index contributed by atoms with van der Waals surface area (Å²) in [5, 5.41) is 0. The fraction of sp³-hybridized carbons (Fsp3) is 1.00. The van der Waals surface area contributed by atoms with Crippen molar-refractivity contribution in [1.82, 2.24) is 0 Å². The van der Waals surface area contributed by atoms with E-state index in [1.807, 2.05) is 0 Å². The van der Waals surface area contributed by atoms with Crippen LogP contribution >= 0.6 is 12.6 Å². The third-order valence-electron chi connectivity index (χ3n) is 0.387. The standard InChI is InChI=1S/C3H7S.Ti/c1-2-3-4;/h3-4H,2H2,1H3;. The van der Waals surface area contributed by atoms with E-state index in [1.165, 1.54) is 6.42 Å². The van der Waals surface area contributed by atoms with Gasteiger partial charge in [-0.2, -0.15) is 0 Å². The van der Waals surface area contributed by atoms with Gasteiger partial charge in [-0.1, -0.05) is 0 Å². The number of rotatable bonds is 1. The average molecular weight is 123 g/mol. The van der Waals surface area contributed by atoms with Gasteiger partial charge in [0.05, 0.1) is 0 Å². The maximum absolute atomic E-state index is 4.10. The summed E-state index contributed by atoms with van der Waals surface area (Å²) in [7, 11) is 0. The summed E-state index contributed by atoms with van der Waals surface area (Å²) in [6, 6.07) is 0. The molecule has 1 atom stereocenters. The summed E-state index contributed by atoms with van der Waals surface area (Å²) in [6.45, 7) is 2.12. The zero-order chi connectivity index (χ0) is 4.28. The number of hydrogen-bond donors (Lipinski definition) is 1. The van der Waals surface area contributed by atoms with Crippen LogP contribution in [0.15, 0.2) is 0 Å². The summed E-state index contributed by atoms with van der Waals surface area (Å²) in [4.78, 5) is 0. The van der Waals surface area contributed by atoms with Gasteiger partial charge in [-0.15, -0.1) is 0 Å². The second-order valence-electron chi connectivity index (χ2n) is 0.924. The Morgan fingerprint density at radius 3 is 2.20 bits per heavy atom. The fourth-order valence-corrected chi connectivity index (χ4v) is 0. The van der Waals surface area contributed by atoms with E-state index in [0.717, 1.165) is 0 Å². The van der Waals surface area contributed by atoms with E-state index in [1.54, 1.807) is 0 Å². The Morgan fingerprint density at radius 1 is 2.00 bits per heavy atom. The first-order chi connectivity index (χ1) is 2.27. The van der Waals surface area contributed by atoms with Gasteiger partial charge in [0.25, 0.3) is 0 Å². The molecule has 0 heterocycles. The molecule has 0 aromatic rings. The van der Waals surface area contributed by atoms with Gasteiger partial charge >= 0.3 is 50.0 Å². The summed E-state index contributed by atoms with van der Waals surface area (Å²) in [5.74, 6) is 0. The molecule has 0 nitrogen and oxygen atoms in total.